The van der Waals surface area contributed by atoms with Crippen LogP contribution >= 0.6 is 23.2 Å². The van der Waals surface area contributed by atoms with Gasteiger partial charge < -0.3 is 10.2 Å². The highest BCUT2D eigenvalue weighted by Gasteiger charge is 2.32. The maximum Gasteiger partial charge on any atom is 0.264 e. The number of aryl methyl sites for hydroxylation is 1. The van der Waals surface area contributed by atoms with Gasteiger partial charge in [0.25, 0.3) is 10.0 Å². The number of anilines is 1. The second-order valence-corrected chi connectivity index (χ2v) is 11.7. The molecule has 0 saturated carbocycles. The summed E-state index contributed by atoms with van der Waals surface area (Å²) in [5, 5.41) is 3.40. The van der Waals surface area contributed by atoms with E-state index in [0.717, 1.165) is 34.1 Å². The van der Waals surface area contributed by atoms with Crippen LogP contribution in [0.4, 0.5) is 10.1 Å². The number of nitrogens with one attached hydrogen (secondary N) is 1. The second-order valence-electron chi connectivity index (χ2n) is 9.04. The van der Waals surface area contributed by atoms with Crippen LogP contribution in [0.15, 0.2) is 71.6 Å². The topological polar surface area (TPSA) is 86.8 Å². The molecule has 3 aromatic rings. The highest BCUT2D eigenvalue weighted by molar-refractivity contribution is 7.92. The summed E-state index contributed by atoms with van der Waals surface area (Å²) in [6, 6.07) is 14.9. The average molecular weight is 595 g/mol. The normalized spacial score (nSPS) is 12.1. The Balaban J connectivity index is 2.02. The zero-order valence-corrected chi connectivity index (χ0v) is 24.2. The van der Waals surface area contributed by atoms with Gasteiger partial charge in [-0.05, 0) is 74.4 Å². The van der Waals surface area contributed by atoms with Crippen molar-refractivity contribution in [2.24, 2.45) is 0 Å². The Hall–Kier alpha value is -3.14. The smallest absolute Gasteiger partial charge is 0.264 e. The Morgan fingerprint density at radius 2 is 1.62 bits per heavy atom. The first-order chi connectivity index (χ1) is 18.4. The molecule has 0 spiro atoms. The fourth-order valence-electron chi connectivity index (χ4n) is 3.79. The molecule has 1 atom stereocenters. The number of rotatable bonds is 11. The van der Waals surface area contributed by atoms with Gasteiger partial charge in [0.2, 0.25) is 11.8 Å². The van der Waals surface area contributed by atoms with Crippen LogP contribution in [-0.4, -0.2) is 44.3 Å². The highest BCUT2D eigenvalue weighted by Crippen LogP contribution is 2.26. The Kier molecular flexibility index (Phi) is 10.4. The molecule has 3 rings (SSSR count). The van der Waals surface area contributed by atoms with Crippen LogP contribution < -0.4 is 9.62 Å². The third-order valence-corrected chi connectivity index (χ3v) is 8.58. The summed E-state index contributed by atoms with van der Waals surface area (Å²) in [7, 11) is -4.28. The summed E-state index contributed by atoms with van der Waals surface area (Å²) in [6.45, 7) is 5.13. The van der Waals surface area contributed by atoms with Crippen LogP contribution in [0.1, 0.15) is 31.4 Å². The van der Waals surface area contributed by atoms with Gasteiger partial charge in [-0.1, -0.05) is 53.9 Å². The second kappa shape index (κ2) is 13.3. The first-order valence-corrected chi connectivity index (χ1v) is 14.5. The number of carbonyl (C=O) groups is 2. The quantitative estimate of drug-likeness (QED) is 0.314. The van der Waals surface area contributed by atoms with Gasteiger partial charge in [-0.15, -0.1) is 0 Å². The number of nitrogens with zero attached hydrogens (tertiary/aromatic N) is 2. The van der Waals surface area contributed by atoms with Crippen LogP contribution in [0.5, 0.6) is 0 Å². The Morgan fingerprint density at radius 1 is 0.974 bits per heavy atom. The minimum Gasteiger partial charge on any atom is -0.354 e. The van der Waals surface area contributed by atoms with E-state index < -0.39 is 34.3 Å². The fraction of sp³-hybridized carbons (Fsp3) is 0.286. The predicted octanol–water partition coefficient (Wildman–Crippen LogP) is 5.58. The molecule has 0 radical (unpaired) electrons. The third-order valence-electron chi connectivity index (χ3n) is 6.06. The summed E-state index contributed by atoms with van der Waals surface area (Å²) >= 11 is 12.2. The van der Waals surface area contributed by atoms with Crippen LogP contribution in [0.2, 0.25) is 10.0 Å². The van der Waals surface area contributed by atoms with Crippen molar-refractivity contribution < 1.29 is 22.4 Å². The molecule has 0 saturated heterocycles. The molecule has 0 aliphatic rings. The predicted molar refractivity (Wildman–Crippen MR) is 152 cm³/mol. The number of hydrogen-bond donors (Lipinski definition) is 1. The maximum atomic E-state index is 13.8. The molecule has 3 aromatic carbocycles. The first kappa shape index (κ1) is 30.4. The van der Waals surface area contributed by atoms with Crippen molar-refractivity contribution >= 4 is 50.7 Å². The summed E-state index contributed by atoms with van der Waals surface area (Å²) in [4.78, 5) is 27.8. The number of amides is 2. The van der Waals surface area contributed by atoms with Crippen molar-refractivity contribution in [3.05, 3.63) is 93.7 Å². The zero-order valence-electron chi connectivity index (χ0n) is 21.8. The molecule has 0 aromatic heterocycles. The molecule has 0 heterocycles. The van der Waals surface area contributed by atoms with Gasteiger partial charge in [0, 0.05) is 13.1 Å². The monoisotopic (exact) mass is 593 g/mol. The van der Waals surface area contributed by atoms with Gasteiger partial charge >= 0.3 is 0 Å². The molecule has 39 heavy (non-hydrogen) atoms. The van der Waals surface area contributed by atoms with Crippen molar-refractivity contribution in [3.8, 4) is 0 Å². The van der Waals surface area contributed by atoms with Gasteiger partial charge in [-0.25, -0.2) is 12.8 Å². The highest BCUT2D eigenvalue weighted by atomic mass is 35.5. The number of hydrogen-bond acceptors (Lipinski definition) is 4. The molecule has 0 fully saturated rings. The van der Waals surface area contributed by atoms with E-state index in [1.54, 1.807) is 49.4 Å². The summed E-state index contributed by atoms with van der Waals surface area (Å²) in [5.74, 6) is -1.59. The summed E-state index contributed by atoms with van der Waals surface area (Å²) in [6.07, 6.45) is 0.705. The van der Waals surface area contributed by atoms with Crippen LogP contribution in [-0.2, 0) is 26.2 Å². The molecule has 7 nitrogen and oxygen atoms in total. The number of sulfonamides is 1. The van der Waals surface area contributed by atoms with Crippen LogP contribution in [0.3, 0.4) is 0 Å². The lowest BCUT2D eigenvalue weighted by Gasteiger charge is -2.32. The van der Waals surface area contributed by atoms with Gasteiger partial charge in [-0.2, -0.15) is 0 Å². The van der Waals surface area contributed by atoms with Gasteiger partial charge in [0.05, 0.1) is 20.6 Å². The lowest BCUT2D eigenvalue weighted by atomic mass is 10.1. The minimum atomic E-state index is -4.28. The van der Waals surface area contributed by atoms with E-state index in [0.29, 0.717) is 23.6 Å². The van der Waals surface area contributed by atoms with Crippen molar-refractivity contribution in [1.82, 2.24) is 10.2 Å². The largest absolute Gasteiger partial charge is 0.354 e. The SMILES string of the molecule is CCCNC(=O)[C@@H](C)N(Cc1ccc(Cl)c(Cl)c1)C(=O)CN(c1ccc(C)cc1)S(=O)(=O)c1ccc(F)cc1. The molecule has 0 bridgehead atoms. The van der Waals surface area contributed by atoms with E-state index in [4.69, 9.17) is 23.2 Å². The maximum absolute atomic E-state index is 13.8. The fourth-order valence-corrected chi connectivity index (χ4v) is 5.52. The molecule has 0 aliphatic heterocycles. The van der Waals surface area contributed by atoms with Crippen molar-refractivity contribution in [2.75, 3.05) is 17.4 Å². The number of carbonyl (C=O) groups excluding carboxylic acids is 2. The lowest BCUT2D eigenvalue weighted by Crippen LogP contribution is -2.51. The Bertz CT molecular complexity index is 1420. The Morgan fingerprint density at radius 3 is 2.21 bits per heavy atom. The van der Waals surface area contributed by atoms with Crippen molar-refractivity contribution in [1.29, 1.82) is 0 Å². The van der Waals surface area contributed by atoms with Crippen molar-refractivity contribution in [3.63, 3.8) is 0 Å². The van der Waals surface area contributed by atoms with E-state index in [1.807, 2.05) is 13.8 Å². The molecule has 208 valence electrons. The molecular weight excluding hydrogens is 564 g/mol. The first-order valence-electron chi connectivity index (χ1n) is 12.3. The van der Waals surface area contributed by atoms with E-state index >= 15 is 0 Å². The zero-order chi connectivity index (χ0) is 28.7. The number of halogens is 3. The van der Waals surface area contributed by atoms with Crippen molar-refractivity contribution in [2.45, 2.75) is 44.7 Å². The molecule has 0 unspecified atom stereocenters. The van der Waals surface area contributed by atoms with Gasteiger partial charge in [0.1, 0.15) is 18.4 Å². The average Bonchev–Trinajstić information content (AvgIpc) is 2.91. The lowest BCUT2D eigenvalue weighted by molar-refractivity contribution is -0.139. The number of benzene rings is 3. The summed E-state index contributed by atoms with van der Waals surface area (Å²) < 4.78 is 41.9. The van der Waals surface area contributed by atoms with Gasteiger partial charge in [0.15, 0.2) is 0 Å². The van der Waals surface area contributed by atoms with Crippen LogP contribution in [0.25, 0.3) is 0 Å². The molecular formula is C28H30Cl2FN3O4S. The van der Waals surface area contributed by atoms with Crippen LogP contribution in [0, 0.1) is 12.7 Å². The Labute approximate surface area is 238 Å². The van der Waals surface area contributed by atoms with Gasteiger partial charge in [-0.3, -0.25) is 13.9 Å². The van der Waals surface area contributed by atoms with E-state index in [2.05, 4.69) is 5.32 Å². The standard InChI is InChI=1S/C28H30Cl2FN3O4S/c1-4-15-32-28(36)20(3)33(17-21-7-14-25(29)26(30)16-21)27(35)18-34(23-10-5-19(2)6-11-23)39(37,38)24-12-8-22(31)9-13-24/h5-14,16,20H,4,15,17-18H2,1-3H3,(H,32,36)/t20-/m1/s1. The van der Waals surface area contributed by atoms with E-state index in [1.165, 1.54) is 4.90 Å². The molecule has 2 amide bonds. The molecule has 11 heteroatoms. The van der Waals surface area contributed by atoms with E-state index in [9.17, 15) is 22.4 Å². The minimum absolute atomic E-state index is 0.0191. The summed E-state index contributed by atoms with van der Waals surface area (Å²) in [5.41, 5.74) is 1.75. The third kappa shape index (κ3) is 7.71. The molecule has 1 N–H and O–H groups in total. The molecule has 0 aliphatic carbocycles. The van der Waals surface area contributed by atoms with E-state index in [-0.39, 0.29) is 28.1 Å².